The molecule has 1 saturated carbocycles. The van der Waals surface area contributed by atoms with E-state index in [4.69, 9.17) is 16.0 Å². The van der Waals surface area contributed by atoms with Gasteiger partial charge in [0.25, 0.3) is 0 Å². The Labute approximate surface area is 215 Å². The van der Waals surface area contributed by atoms with Crippen molar-refractivity contribution < 1.29 is 9.53 Å². The van der Waals surface area contributed by atoms with Crippen molar-refractivity contribution >= 4 is 31.8 Å². The molecule has 7 nitrogen and oxygen atoms in total. The van der Waals surface area contributed by atoms with E-state index in [0.717, 1.165) is 19.3 Å². The molecule has 2 aliphatic rings. The maximum Gasteiger partial charge on any atom is 0.229 e. The molecular formula is C26H40ClN5O2Si. The van der Waals surface area contributed by atoms with Gasteiger partial charge in [-0.15, -0.1) is 0 Å². The van der Waals surface area contributed by atoms with Crippen LogP contribution in [-0.2, 0) is 9.84 Å². The number of hydrogen-bond donors (Lipinski definition) is 3. The van der Waals surface area contributed by atoms with Gasteiger partial charge in [-0.25, -0.2) is 0 Å². The summed E-state index contributed by atoms with van der Waals surface area (Å²) in [7, 11) is -1.94. The average molecular weight is 518 g/mol. The molecule has 35 heavy (non-hydrogen) atoms. The van der Waals surface area contributed by atoms with E-state index in [0.29, 0.717) is 11.9 Å². The quantitative estimate of drug-likeness (QED) is 0.392. The number of fused-ring (bicyclic) bond motifs is 1. The first-order valence-corrected chi connectivity index (χ1v) is 15.9. The molecule has 0 aliphatic heterocycles. The highest BCUT2D eigenvalue weighted by atomic mass is 35.5. The summed E-state index contributed by atoms with van der Waals surface area (Å²) in [5, 5.41) is 17.2. The van der Waals surface area contributed by atoms with E-state index in [1.54, 1.807) is 0 Å². The normalized spacial score (nSPS) is 26.0. The first kappa shape index (κ1) is 26.3. The molecule has 1 heterocycles. The number of aromatic nitrogens is 3. The van der Waals surface area contributed by atoms with E-state index in [-0.39, 0.29) is 46.4 Å². The molecule has 0 bridgehead atoms. The predicted octanol–water partition coefficient (Wildman–Crippen LogP) is 5.93. The molecule has 192 valence electrons. The zero-order chi connectivity index (χ0) is 25.6. The van der Waals surface area contributed by atoms with Crippen molar-refractivity contribution in [3.05, 3.63) is 40.7 Å². The molecule has 3 N–H and O–H groups in total. The van der Waals surface area contributed by atoms with Gasteiger partial charge in [0, 0.05) is 18.6 Å². The third-order valence-corrected chi connectivity index (χ3v) is 12.8. The topological polar surface area (TPSA) is 92.2 Å². The maximum atomic E-state index is 10.0. The zero-order valence-electron chi connectivity index (χ0n) is 22.0. The number of rotatable bonds is 7. The monoisotopic (exact) mass is 517 g/mol. The van der Waals surface area contributed by atoms with Gasteiger partial charge in [-0.2, -0.15) is 15.0 Å². The van der Waals surface area contributed by atoms with Crippen LogP contribution < -0.4 is 10.6 Å². The Hall–Kier alpha value is -1.74. The second kappa shape index (κ2) is 9.61. The molecule has 0 radical (unpaired) electrons. The molecule has 1 aromatic heterocycles. The molecule has 4 rings (SSSR count). The molecule has 2 aromatic rings. The van der Waals surface area contributed by atoms with Gasteiger partial charge < -0.3 is 20.2 Å². The van der Waals surface area contributed by atoms with Gasteiger partial charge in [0.05, 0.1) is 12.1 Å². The predicted molar refractivity (Wildman–Crippen MR) is 145 cm³/mol. The minimum Gasteiger partial charge on any atom is -0.413 e. The number of aliphatic hydroxyl groups is 1. The summed E-state index contributed by atoms with van der Waals surface area (Å²) in [6, 6.07) is 8.74. The van der Waals surface area contributed by atoms with Crippen molar-refractivity contribution in [3.8, 4) is 0 Å². The summed E-state index contributed by atoms with van der Waals surface area (Å²) < 4.78 is 6.67. The first-order chi connectivity index (χ1) is 16.3. The van der Waals surface area contributed by atoms with Crippen molar-refractivity contribution in [2.45, 2.75) is 95.6 Å². The Kier molecular flexibility index (Phi) is 7.23. The third-order valence-electron chi connectivity index (χ3n) is 8.14. The lowest BCUT2D eigenvalue weighted by atomic mass is 9.86. The number of hydrogen-bond acceptors (Lipinski definition) is 7. The van der Waals surface area contributed by atoms with Crippen molar-refractivity contribution in [1.82, 2.24) is 15.0 Å². The van der Waals surface area contributed by atoms with E-state index >= 15 is 0 Å². The van der Waals surface area contributed by atoms with Gasteiger partial charge >= 0.3 is 0 Å². The average Bonchev–Trinajstić information content (AvgIpc) is 3.23. The van der Waals surface area contributed by atoms with Gasteiger partial charge in [0.1, 0.15) is 0 Å². The van der Waals surface area contributed by atoms with Crippen LogP contribution in [0.15, 0.2) is 24.3 Å². The van der Waals surface area contributed by atoms with Gasteiger partial charge in [-0.05, 0) is 65.5 Å². The first-order valence-electron chi connectivity index (χ1n) is 12.6. The van der Waals surface area contributed by atoms with Crippen LogP contribution in [0.1, 0.15) is 71.0 Å². The van der Waals surface area contributed by atoms with Gasteiger partial charge in [0.2, 0.25) is 17.2 Å². The minimum atomic E-state index is -1.94. The van der Waals surface area contributed by atoms with Crippen LogP contribution in [-0.4, -0.2) is 47.1 Å². The summed E-state index contributed by atoms with van der Waals surface area (Å²) >= 11 is 6.30. The summed E-state index contributed by atoms with van der Waals surface area (Å²) in [6.45, 7) is 15.9. The molecule has 0 unspecified atom stereocenters. The summed E-state index contributed by atoms with van der Waals surface area (Å²) in [5.74, 6) is 1.01. The number of halogens is 1. The van der Waals surface area contributed by atoms with E-state index in [1.807, 2.05) is 0 Å². The minimum absolute atomic E-state index is 0.0190. The van der Waals surface area contributed by atoms with E-state index in [9.17, 15) is 5.11 Å². The van der Waals surface area contributed by atoms with Crippen molar-refractivity contribution in [3.63, 3.8) is 0 Å². The van der Waals surface area contributed by atoms with Crippen LogP contribution in [0, 0.1) is 5.92 Å². The standard InChI is InChI=1S/C26H40ClN5O2Si/c1-25(2,3)35(6,7)34-21-13-17(12-16(21)15-33)28-23-30-22(27)31-24(32-23)29-20-14-26(4,5)19-11-9-8-10-18(19)20/h8-11,16-17,20-21,33H,12-15H2,1-7H3,(H2,28,29,30,31,32)/t16-,17+,20-,21-/m1/s1. The molecule has 4 atom stereocenters. The molecule has 1 aromatic carbocycles. The summed E-state index contributed by atoms with van der Waals surface area (Å²) in [5.41, 5.74) is 2.70. The Morgan fingerprint density at radius 2 is 1.74 bits per heavy atom. The van der Waals surface area contributed by atoms with E-state index in [2.05, 4.69) is 97.6 Å². The molecule has 1 fully saturated rings. The van der Waals surface area contributed by atoms with Crippen molar-refractivity contribution in [2.75, 3.05) is 17.2 Å². The largest absolute Gasteiger partial charge is 0.413 e. The van der Waals surface area contributed by atoms with Crippen molar-refractivity contribution in [1.29, 1.82) is 0 Å². The SMILES string of the molecule is CC1(C)C[C@@H](Nc2nc(Cl)nc(N[C@H]3C[C@H](CO)[C@H](O[Si](C)(C)C(C)(C)C)C3)n2)c2ccccc21. The van der Waals surface area contributed by atoms with Gasteiger partial charge in [0.15, 0.2) is 8.32 Å². The highest BCUT2D eigenvalue weighted by molar-refractivity contribution is 6.74. The molecular weight excluding hydrogens is 478 g/mol. The Bertz CT molecular complexity index is 1060. The van der Waals surface area contributed by atoms with Crippen LogP contribution in [0.25, 0.3) is 0 Å². The zero-order valence-corrected chi connectivity index (χ0v) is 23.8. The summed E-state index contributed by atoms with van der Waals surface area (Å²) in [4.78, 5) is 13.3. The van der Waals surface area contributed by atoms with Gasteiger partial charge in [-0.3, -0.25) is 0 Å². The fourth-order valence-corrected chi connectivity index (χ4v) is 6.75. The Morgan fingerprint density at radius 3 is 2.40 bits per heavy atom. The van der Waals surface area contributed by atoms with E-state index in [1.165, 1.54) is 11.1 Å². The van der Waals surface area contributed by atoms with Crippen LogP contribution in [0.2, 0.25) is 23.4 Å². The smallest absolute Gasteiger partial charge is 0.229 e. The second-order valence-corrected chi connectivity index (χ2v) is 17.4. The van der Waals surface area contributed by atoms with Crippen LogP contribution in [0.4, 0.5) is 11.9 Å². The maximum absolute atomic E-state index is 10.0. The van der Waals surface area contributed by atoms with E-state index < -0.39 is 8.32 Å². The Balaban J connectivity index is 1.46. The number of aliphatic hydroxyl groups excluding tert-OH is 1. The highest BCUT2D eigenvalue weighted by Gasteiger charge is 2.44. The molecule has 0 saturated heterocycles. The fraction of sp³-hybridized carbons (Fsp3) is 0.654. The molecule has 0 spiro atoms. The lowest BCUT2D eigenvalue weighted by Crippen LogP contribution is -2.45. The Morgan fingerprint density at radius 1 is 1.09 bits per heavy atom. The number of benzene rings is 1. The van der Waals surface area contributed by atoms with Crippen molar-refractivity contribution in [2.24, 2.45) is 5.92 Å². The lowest BCUT2D eigenvalue weighted by Gasteiger charge is -2.39. The lowest BCUT2D eigenvalue weighted by molar-refractivity contribution is 0.0980. The molecule has 0 amide bonds. The van der Waals surface area contributed by atoms with Crippen LogP contribution >= 0.6 is 11.6 Å². The summed E-state index contributed by atoms with van der Waals surface area (Å²) in [6.07, 6.45) is 2.57. The highest BCUT2D eigenvalue weighted by Crippen LogP contribution is 2.45. The van der Waals surface area contributed by atoms with Gasteiger partial charge in [-0.1, -0.05) is 58.9 Å². The second-order valence-electron chi connectivity index (χ2n) is 12.3. The number of nitrogens with one attached hydrogen (secondary N) is 2. The number of anilines is 2. The third kappa shape index (κ3) is 5.66. The van der Waals surface area contributed by atoms with Crippen LogP contribution in [0.5, 0.6) is 0 Å². The molecule has 2 aliphatic carbocycles. The molecule has 9 heteroatoms. The van der Waals surface area contributed by atoms with Crippen LogP contribution in [0.3, 0.4) is 0 Å². The fourth-order valence-electron chi connectivity index (χ4n) is 5.19. The number of nitrogens with zero attached hydrogens (tertiary/aromatic N) is 3.